The zero-order valence-electron chi connectivity index (χ0n) is 16.5. The number of carbonyl (C=O) groups is 1. The Bertz CT molecular complexity index is 1190. The quantitative estimate of drug-likeness (QED) is 0.715. The molecule has 1 aromatic carbocycles. The summed E-state index contributed by atoms with van der Waals surface area (Å²) in [4.78, 5) is 15.6. The number of imidazole rings is 1. The summed E-state index contributed by atoms with van der Waals surface area (Å²) in [5.41, 5.74) is 1.42. The van der Waals surface area contributed by atoms with Crippen molar-refractivity contribution in [3.63, 3.8) is 0 Å². The first kappa shape index (κ1) is 21.0. The second-order valence-electron chi connectivity index (χ2n) is 7.41. The second-order valence-corrected chi connectivity index (χ2v) is 11.2. The summed E-state index contributed by atoms with van der Waals surface area (Å²) in [6.07, 6.45) is 4.04. The first-order valence-corrected chi connectivity index (χ1v) is 12.5. The van der Waals surface area contributed by atoms with Crippen molar-refractivity contribution in [1.29, 1.82) is 0 Å². The molecule has 0 spiro atoms. The minimum absolute atomic E-state index is 0.0435. The van der Waals surface area contributed by atoms with Crippen molar-refractivity contribution in [2.24, 2.45) is 7.05 Å². The highest BCUT2D eigenvalue weighted by atomic mass is 32.2. The molecule has 3 heterocycles. The molecule has 1 amide bonds. The predicted octanol–water partition coefficient (Wildman–Crippen LogP) is 0.390. The zero-order chi connectivity index (χ0) is 21.5. The lowest BCUT2D eigenvalue weighted by Crippen LogP contribution is -2.37. The van der Waals surface area contributed by atoms with E-state index in [2.05, 4.69) is 10.3 Å². The third kappa shape index (κ3) is 3.87. The minimum Gasteiger partial charge on any atom is -0.339 e. The highest BCUT2D eigenvalue weighted by Crippen LogP contribution is 2.28. The van der Waals surface area contributed by atoms with Crippen LogP contribution in [0.2, 0.25) is 0 Å². The fraction of sp³-hybridized carbons (Fsp3) is 0.444. The molecule has 12 heteroatoms. The molecular formula is C18H23N5O5S2. The van der Waals surface area contributed by atoms with Gasteiger partial charge in [-0.15, -0.1) is 0 Å². The first-order chi connectivity index (χ1) is 14.2. The fourth-order valence-electron chi connectivity index (χ4n) is 3.67. The van der Waals surface area contributed by atoms with E-state index in [9.17, 15) is 21.6 Å². The molecule has 1 aromatic heterocycles. The van der Waals surface area contributed by atoms with Gasteiger partial charge in [0, 0.05) is 51.5 Å². The SMILES string of the molecule is Cn1cnc(S(=O)(=O)N2CCCN(S(=O)(=O)c3ccc4c(c3)CCC(=O)N4)CC2)c1. The number of nitrogens with one attached hydrogen (secondary N) is 1. The number of benzene rings is 1. The number of hydrogen-bond acceptors (Lipinski definition) is 6. The molecule has 1 N–H and O–H groups in total. The van der Waals surface area contributed by atoms with Crippen LogP contribution in [0.15, 0.2) is 40.6 Å². The number of fused-ring (bicyclic) bond motifs is 1. The Morgan fingerprint density at radius 2 is 1.67 bits per heavy atom. The molecule has 0 unspecified atom stereocenters. The van der Waals surface area contributed by atoms with Gasteiger partial charge >= 0.3 is 0 Å². The lowest BCUT2D eigenvalue weighted by Gasteiger charge is -2.23. The Morgan fingerprint density at radius 1 is 0.967 bits per heavy atom. The van der Waals surface area contributed by atoms with Gasteiger partial charge in [0.2, 0.25) is 15.9 Å². The molecule has 0 radical (unpaired) electrons. The molecular weight excluding hydrogens is 430 g/mol. The minimum atomic E-state index is -3.78. The maximum Gasteiger partial charge on any atom is 0.262 e. The number of anilines is 1. The lowest BCUT2D eigenvalue weighted by atomic mass is 10.0. The molecule has 0 bridgehead atoms. The number of rotatable bonds is 4. The number of aryl methyl sites for hydroxylation is 2. The van der Waals surface area contributed by atoms with E-state index in [1.165, 1.54) is 27.2 Å². The van der Waals surface area contributed by atoms with Gasteiger partial charge in [0.15, 0.2) is 5.03 Å². The molecule has 10 nitrogen and oxygen atoms in total. The highest BCUT2D eigenvalue weighted by Gasteiger charge is 2.33. The molecule has 1 saturated heterocycles. The third-order valence-corrected chi connectivity index (χ3v) is 8.99. The van der Waals surface area contributed by atoms with E-state index < -0.39 is 20.0 Å². The van der Waals surface area contributed by atoms with Crippen LogP contribution < -0.4 is 5.32 Å². The van der Waals surface area contributed by atoms with E-state index in [0.717, 1.165) is 5.56 Å². The monoisotopic (exact) mass is 453 g/mol. The van der Waals surface area contributed by atoms with Crippen LogP contribution in [0.5, 0.6) is 0 Å². The first-order valence-electron chi connectivity index (χ1n) is 9.59. The van der Waals surface area contributed by atoms with Gasteiger partial charge in [0.05, 0.1) is 11.2 Å². The highest BCUT2D eigenvalue weighted by molar-refractivity contribution is 7.89. The Labute approximate surface area is 175 Å². The zero-order valence-corrected chi connectivity index (χ0v) is 18.1. The van der Waals surface area contributed by atoms with Crippen molar-refractivity contribution in [3.8, 4) is 0 Å². The number of aromatic nitrogens is 2. The smallest absolute Gasteiger partial charge is 0.262 e. The third-order valence-electron chi connectivity index (χ3n) is 5.31. The van der Waals surface area contributed by atoms with Gasteiger partial charge in [-0.25, -0.2) is 21.8 Å². The van der Waals surface area contributed by atoms with Crippen molar-refractivity contribution >= 4 is 31.6 Å². The summed E-state index contributed by atoms with van der Waals surface area (Å²) < 4.78 is 56.1. The van der Waals surface area contributed by atoms with E-state index in [-0.39, 0.29) is 42.0 Å². The lowest BCUT2D eigenvalue weighted by molar-refractivity contribution is -0.116. The van der Waals surface area contributed by atoms with Crippen LogP contribution in [0.1, 0.15) is 18.4 Å². The molecule has 4 rings (SSSR count). The maximum absolute atomic E-state index is 13.2. The average Bonchev–Trinajstić information content (AvgIpc) is 2.99. The average molecular weight is 454 g/mol. The molecule has 1 fully saturated rings. The summed E-state index contributed by atoms with van der Waals surface area (Å²) in [6, 6.07) is 4.68. The van der Waals surface area contributed by atoms with Gasteiger partial charge in [0.1, 0.15) is 0 Å². The van der Waals surface area contributed by atoms with Crippen LogP contribution in [0.25, 0.3) is 0 Å². The number of hydrogen-bond donors (Lipinski definition) is 1. The van der Waals surface area contributed by atoms with E-state index in [1.807, 2.05) is 0 Å². The standard InChI is InChI=1S/C18H23N5O5S2/c1-21-12-18(19-13-21)30(27,28)23-8-2-7-22(9-10-23)29(25,26)15-4-5-16-14(11-15)3-6-17(24)20-16/h4-5,11-13H,2-3,6-10H2,1H3,(H,20,24). The van der Waals surface area contributed by atoms with Crippen LogP contribution in [-0.2, 0) is 38.3 Å². The van der Waals surface area contributed by atoms with Crippen molar-refractivity contribution in [1.82, 2.24) is 18.2 Å². The number of sulfonamides is 2. The van der Waals surface area contributed by atoms with Crippen LogP contribution in [-0.4, -0.2) is 67.1 Å². The summed E-state index contributed by atoms with van der Waals surface area (Å²) in [5, 5.41) is 2.70. The molecule has 162 valence electrons. The van der Waals surface area contributed by atoms with E-state index in [1.54, 1.807) is 23.7 Å². The molecule has 2 aromatic rings. The van der Waals surface area contributed by atoms with Crippen molar-refractivity contribution in [2.45, 2.75) is 29.2 Å². The Hall–Kier alpha value is -2.28. The van der Waals surface area contributed by atoms with Gasteiger partial charge in [-0.05, 0) is 36.6 Å². The van der Waals surface area contributed by atoms with E-state index in [4.69, 9.17) is 0 Å². The summed E-state index contributed by atoms with van der Waals surface area (Å²) in [7, 11) is -5.87. The van der Waals surface area contributed by atoms with Crippen LogP contribution in [0, 0.1) is 0 Å². The number of amides is 1. The molecule has 30 heavy (non-hydrogen) atoms. The van der Waals surface area contributed by atoms with E-state index in [0.29, 0.717) is 24.9 Å². The van der Waals surface area contributed by atoms with Gasteiger partial charge in [0.25, 0.3) is 10.0 Å². The normalized spacial score (nSPS) is 19.2. The molecule has 0 atom stereocenters. The number of carbonyl (C=O) groups excluding carboxylic acids is 1. The molecule has 2 aliphatic heterocycles. The Balaban J connectivity index is 1.53. The second kappa shape index (κ2) is 7.76. The molecule has 2 aliphatic rings. The van der Waals surface area contributed by atoms with Crippen LogP contribution in [0.4, 0.5) is 5.69 Å². The maximum atomic E-state index is 13.2. The fourth-order valence-corrected chi connectivity index (χ4v) is 6.63. The van der Waals surface area contributed by atoms with E-state index >= 15 is 0 Å². The van der Waals surface area contributed by atoms with Crippen molar-refractivity contribution in [2.75, 3.05) is 31.5 Å². The van der Waals surface area contributed by atoms with Gasteiger partial charge in [-0.1, -0.05) is 0 Å². The van der Waals surface area contributed by atoms with Gasteiger partial charge in [-0.3, -0.25) is 4.79 Å². The topological polar surface area (TPSA) is 122 Å². The summed E-state index contributed by atoms with van der Waals surface area (Å²) in [5.74, 6) is -0.0835. The summed E-state index contributed by atoms with van der Waals surface area (Å²) in [6.45, 7) is 0.562. The molecule has 0 aliphatic carbocycles. The van der Waals surface area contributed by atoms with Gasteiger partial charge in [-0.2, -0.15) is 8.61 Å². The Kier molecular flexibility index (Phi) is 5.43. The summed E-state index contributed by atoms with van der Waals surface area (Å²) >= 11 is 0. The predicted molar refractivity (Wildman–Crippen MR) is 109 cm³/mol. The van der Waals surface area contributed by atoms with Gasteiger partial charge < -0.3 is 9.88 Å². The van der Waals surface area contributed by atoms with Crippen molar-refractivity contribution < 1.29 is 21.6 Å². The van der Waals surface area contributed by atoms with Crippen LogP contribution in [0.3, 0.4) is 0 Å². The van der Waals surface area contributed by atoms with Crippen LogP contribution >= 0.6 is 0 Å². The molecule has 0 saturated carbocycles. The largest absolute Gasteiger partial charge is 0.339 e. The van der Waals surface area contributed by atoms with Crippen molar-refractivity contribution in [3.05, 3.63) is 36.3 Å². The number of nitrogens with zero attached hydrogens (tertiary/aromatic N) is 4. The Morgan fingerprint density at radius 3 is 2.33 bits per heavy atom.